The van der Waals surface area contributed by atoms with Gasteiger partial charge in [-0.05, 0) is 294 Å². The van der Waals surface area contributed by atoms with Crippen molar-refractivity contribution in [3.63, 3.8) is 0 Å². The van der Waals surface area contributed by atoms with Gasteiger partial charge in [-0.1, -0.05) is 428 Å². The van der Waals surface area contributed by atoms with Crippen LogP contribution < -0.4 is 14.7 Å². The Morgan fingerprint density at radius 2 is 0.407 bits per heavy atom. The number of anilines is 9. The minimum Gasteiger partial charge on any atom is -0.454 e. The predicted molar refractivity (Wildman–Crippen MR) is 631 cm³/mol. The first-order valence-electron chi connectivity index (χ1n) is 51.7. The molecule has 6 heteroatoms. The number of benzene rings is 24. The largest absolute Gasteiger partial charge is 0.454 e. The number of rotatable bonds is 16. The summed E-state index contributed by atoms with van der Waals surface area (Å²) in [5.74, 6) is 0. The summed E-state index contributed by atoms with van der Waals surface area (Å²) < 4.78 is 20.3. The van der Waals surface area contributed by atoms with Crippen molar-refractivity contribution in [2.45, 2.75) is 38.5 Å². The topological polar surface area (TPSA) is 49.1 Å². The zero-order valence-electron chi connectivity index (χ0n) is 83.5. The molecule has 0 amide bonds. The van der Waals surface area contributed by atoms with Crippen molar-refractivity contribution in [1.29, 1.82) is 0 Å². The predicted octanol–water partition coefficient (Wildman–Crippen LogP) is 40.9. The number of hydrogen-bond acceptors (Lipinski definition) is 6. The molecule has 710 valence electrons. The molecule has 0 saturated carbocycles. The van der Waals surface area contributed by atoms with Gasteiger partial charge in [0.05, 0.1) is 17.1 Å². The molecule has 0 unspecified atom stereocenters. The third kappa shape index (κ3) is 16.0. The van der Waals surface area contributed by atoms with E-state index in [1.807, 2.05) is 18.2 Å². The van der Waals surface area contributed by atoms with E-state index in [1.54, 1.807) is 0 Å². The Labute approximate surface area is 871 Å². The molecule has 0 atom stereocenters. The molecular weight excluding hydrogens is 1820 g/mol. The SMILES string of the molecule is CC1(C)c2ccccc2-c2ccc(N(c3ccc(-c4ccc5ccccc5c4)cc3)c3cc(-c4ccccc4)cc4c3oc3ccccc34)cc21.CC1(C)c2ccccc2-c2ccc(N(c3ccc(-c4cccc5ccccc45)cc3)c3cc(-c4ccccc4)cc4c3oc3ccccc34)cc21.c1ccc(-c2ccc(N(c3ccc(-c4ccccc4)cc3)c3cc(-c4ccc5ccccc5c4)cc4c3oc3ccccc34)cc2)cc1. The maximum absolute atomic E-state index is 6.78. The Balaban J connectivity index is 0.000000111. The highest BCUT2D eigenvalue weighted by Gasteiger charge is 2.39. The first kappa shape index (κ1) is 89.7. The van der Waals surface area contributed by atoms with Crippen molar-refractivity contribution < 1.29 is 13.3 Å². The molecular formula is C144H101N3O3. The number of para-hydroxylation sites is 3. The molecule has 0 bridgehead atoms. The summed E-state index contributed by atoms with van der Waals surface area (Å²) in [4.78, 5) is 7.11. The van der Waals surface area contributed by atoms with Crippen LogP contribution in [0.25, 0.3) is 198 Å². The quantitative estimate of drug-likeness (QED) is 0.0961. The van der Waals surface area contributed by atoms with Crippen molar-refractivity contribution in [2.75, 3.05) is 14.7 Å². The van der Waals surface area contributed by atoms with Gasteiger partial charge < -0.3 is 28.0 Å². The Hall–Kier alpha value is -19.1. The van der Waals surface area contributed by atoms with E-state index in [4.69, 9.17) is 13.3 Å². The Bertz CT molecular complexity index is 9780. The lowest BCUT2D eigenvalue weighted by Crippen LogP contribution is -2.16. The second-order valence-corrected chi connectivity index (χ2v) is 40.5. The molecule has 6 nitrogen and oxygen atoms in total. The minimum atomic E-state index is -0.133. The Morgan fingerprint density at radius 3 is 0.800 bits per heavy atom. The Kier molecular flexibility index (Phi) is 22.2. The number of hydrogen-bond donors (Lipinski definition) is 0. The Morgan fingerprint density at radius 1 is 0.147 bits per heavy atom. The molecule has 0 fully saturated rings. The molecule has 3 aromatic heterocycles. The van der Waals surface area contributed by atoms with Crippen LogP contribution in [0.1, 0.15) is 49.9 Å². The van der Waals surface area contributed by atoms with Crippen LogP contribution >= 0.6 is 0 Å². The van der Waals surface area contributed by atoms with Crippen LogP contribution in [0.15, 0.2) is 553 Å². The maximum Gasteiger partial charge on any atom is 0.159 e. The summed E-state index contributed by atoms with van der Waals surface area (Å²) in [6.45, 7) is 9.38. The van der Waals surface area contributed by atoms with Gasteiger partial charge in [0, 0.05) is 77.3 Å². The summed E-state index contributed by atoms with van der Waals surface area (Å²) in [6.07, 6.45) is 0. The monoisotopic (exact) mass is 1920 g/mol. The van der Waals surface area contributed by atoms with Gasteiger partial charge in [-0.25, -0.2) is 0 Å². The molecule has 0 N–H and O–H groups in total. The highest BCUT2D eigenvalue weighted by atomic mass is 16.3. The standard InChI is InChI=1S/2C49H35NO.C46H31NO/c1-49(2)44-21-10-8-18-40(44)41-28-27-37(31-45(41)49)50(36-25-23-34(24-26-36)39-20-12-16-33-15-6-7-17-38(33)39)46-30-35(32-13-4-3-5-14-32)29-43-42-19-9-11-22-47(42)51-48(43)46;1-49(2)44-18-10-8-16-40(44)41-27-26-39(31-45(41)49)50(38-24-22-34(23-25-38)36-21-20-33-14-6-7-15-35(33)28-36)46-30-37(32-12-4-3-5-13-32)29-43-42-17-9-11-19-47(42)51-48(43)46;1-3-11-32(12-4-1)35-21-25-40(26-22-35)47(41-27-23-36(24-28-41)33-13-5-2-6-14-33)44-31-39(38-20-19-34-15-7-8-16-37(34)29-38)30-43-42-17-9-10-18-45(42)48-46(43)44/h2*3-31H,1-2H3;1-31H. The zero-order valence-corrected chi connectivity index (χ0v) is 83.5. The molecule has 150 heavy (non-hydrogen) atoms. The van der Waals surface area contributed by atoms with E-state index in [2.05, 4.69) is 564 Å². The molecule has 0 spiro atoms. The van der Waals surface area contributed by atoms with Gasteiger partial charge in [-0.15, -0.1) is 0 Å². The zero-order chi connectivity index (χ0) is 100. The molecule has 3 heterocycles. The highest BCUT2D eigenvalue weighted by Crippen LogP contribution is 2.57. The summed E-state index contributed by atoms with van der Waals surface area (Å²) in [5, 5.41) is 14.1. The van der Waals surface area contributed by atoms with Crippen molar-refractivity contribution in [1.82, 2.24) is 0 Å². The van der Waals surface area contributed by atoms with Crippen molar-refractivity contribution in [2.24, 2.45) is 0 Å². The van der Waals surface area contributed by atoms with E-state index in [0.29, 0.717) is 0 Å². The van der Waals surface area contributed by atoms with Crippen LogP contribution in [0, 0.1) is 0 Å². The summed E-state index contributed by atoms with van der Waals surface area (Å²) >= 11 is 0. The van der Waals surface area contributed by atoms with E-state index in [1.165, 1.54) is 138 Å². The lowest BCUT2D eigenvalue weighted by atomic mass is 9.82. The van der Waals surface area contributed by atoms with Gasteiger partial charge in [0.15, 0.2) is 16.7 Å². The molecule has 0 aliphatic heterocycles. The molecule has 2 aliphatic rings. The molecule has 2 aliphatic carbocycles. The van der Waals surface area contributed by atoms with E-state index in [9.17, 15) is 0 Å². The van der Waals surface area contributed by atoms with Crippen LogP contribution in [0.5, 0.6) is 0 Å². The van der Waals surface area contributed by atoms with Crippen molar-refractivity contribution in [3.05, 3.63) is 562 Å². The molecule has 24 aromatic carbocycles. The normalized spacial score (nSPS) is 12.5. The van der Waals surface area contributed by atoms with Crippen LogP contribution in [-0.4, -0.2) is 0 Å². The van der Waals surface area contributed by atoms with Gasteiger partial charge >= 0.3 is 0 Å². The summed E-state index contributed by atoms with van der Waals surface area (Å²) in [6, 6.07) is 194. The fourth-order valence-corrected chi connectivity index (χ4v) is 23.3. The van der Waals surface area contributed by atoms with Gasteiger partial charge in [-0.3, -0.25) is 0 Å². The first-order chi connectivity index (χ1) is 73.8. The first-order valence-corrected chi connectivity index (χ1v) is 51.7. The van der Waals surface area contributed by atoms with E-state index in [0.717, 1.165) is 134 Å². The maximum atomic E-state index is 6.78. The smallest absolute Gasteiger partial charge is 0.159 e. The van der Waals surface area contributed by atoms with Gasteiger partial charge in [0.1, 0.15) is 16.7 Å². The summed E-state index contributed by atoms with van der Waals surface area (Å²) in [7, 11) is 0. The lowest BCUT2D eigenvalue weighted by molar-refractivity contribution is 0.660. The van der Waals surface area contributed by atoms with E-state index >= 15 is 0 Å². The summed E-state index contributed by atoms with van der Waals surface area (Å²) in [5.41, 5.74) is 41.6. The van der Waals surface area contributed by atoms with Crippen LogP contribution in [-0.2, 0) is 10.8 Å². The molecule has 29 rings (SSSR count). The second-order valence-electron chi connectivity index (χ2n) is 40.5. The van der Waals surface area contributed by atoms with Gasteiger partial charge in [0.25, 0.3) is 0 Å². The lowest BCUT2D eigenvalue weighted by Gasteiger charge is -2.28. The van der Waals surface area contributed by atoms with Crippen LogP contribution in [0.2, 0.25) is 0 Å². The number of furan rings is 3. The van der Waals surface area contributed by atoms with Crippen LogP contribution in [0.3, 0.4) is 0 Å². The molecule has 0 radical (unpaired) electrons. The minimum absolute atomic E-state index is 0.131. The molecule has 27 aromatic rings. The highest BCUT2D eigenvalue weighted by molar-refractivity contribution is 6.16. The second kappa shape index (κ2) is 37.2. The fraction of sp³-hybridized carbons (Fsp3) is 0.0417. The van der Waals surface area contributed by atoms with Crippen LogP contribution in [0.4, 0.5) is 51.2 Å². The van der Waals surface area contributed by atoms with Gasteiger partial charge in [-0.2, -0.15) is 0 Å². The van der Waals surface area contributed by atoms with Crippen molar-refractivity contribution >= 4 is 149 Å². The van der Waals surface area contributed by atoms with Crippen molar-refractivity contribution in [3.8, 4) is 100 Å². The fourth-order valence-electron chi connectivity index (χ4n) is 23.3. The average Bonchev–Trinajstić information content (AvgIpc) is 1.57. The third-order valence-electron chi connectivity index (χ3n) is 30.9. The molecule has 0 saturated heterocycles. The third-order valence-corrected chi connectivity index (χ3v) is 30.9. The number of nitrogens with zero attached hydrogens (tertiary/aromatic N) is 3. The average molecular weight is 1920 g/mol. The van der Waals surface area contributed by atoms with Gasteiger partial charge in [0.2, 0.25) is 0 Å². The van der Waals surface area contributed by atoms with E-state index < -0.39 is 0 Å². The number of fused-ring (bicyclic) bond motifs is 18. The van der Waals surface area contributed by atoms with E-state index in [-0.39, 0.29) is 10.8 Å².